The van der Waals surface area contributed by atoms with Crippen molar-refractivity contribution in [3.05, 3.63) is 47.5 Å². The van der Waals surface area contributed by atoms with Gasteiger partial charge in [-0.25, -0.2) is 9.97 Å². The highest BCUT2D eigenvalue weighted by Crippen LogP contribution is 2.22. The Bertz CT molecular complexity index is 495. The highest BCUT2D eigenvalue weighted by Gasteiger charge is 2.16. The van der Waals surface area contributed by atoms with Crippen LogP contribution in [0.15, 0.2) is 36.7 Å². The number of halogens is 1. The number of hydrogen-bond acceptors (Lipinski definition) is 2. The number of rotatable bonds is 1. The van der Waals surface area contributed by atoms with Gasteiger partial charge in [0.25, 0.3) is 0 Å². The van der Waals surface area contributed by atoms with Gasteiger partial charge in [0.1, 0.15) is 5.82 Å². The summed E-state index contributed by atoms with van der Waals surface area (Å²) in [5.74, 6) is 0.857. The zero-order chi connectivity index (χ0) is 12.5. The summed E-state index contributed by atoms with van der Waals surface area (Å²) in [6.07, 6.45) is 3.72. The third-order valence-corrected chi connectivity index (χ3v) is 2.75. The first-order chi connectivity index (χ1) is 7.97. The lowest BCUT2D eigenvalue weighted by Gasteiger charge is -2.16. The molecular weight excluding hydrogens is 232 g/mol. The van der Waals surface area contributed by atoms with E-state index in [-0.39, 0.29) is 5.41 Å². The quantitative estimate of drug-likeness (QED) is 0.757. The summed E-state index contributed by atoms with van der Waals surface area (Å²) in [6, 6.07) is 7.68. The predicted octanol–water partition coefficient (Wildman–Crippen LogP) is 4.09. The molecule has 0 spiro atoms. The maximum Gasteiger partial charge on any atom is 0.133 e. The third kappa shape index (κ3) is 2.83. The lowest BCUT2D eigenvalue weighted by atomic mass is 9.95. The van der Waals surface area contributed by atoms with Gasteiger partial charge >= 0.3 is 0 Å². The van der Waals surface area contributed by atoms with E-state index in [0.29, 0.717) is 0 Å². The Morgan fingerprint density at radius 3 is 1.88 bits per heavy atom. The van der Waals surface area contributed by atoms with E-state index < -0.39 is 0 Å². The molecule has 0 saturated carbocycles. The summed E-state index contributed by atoms with van der Waals surface area (Å²) in [5.41, 5.74) is 2.07. The predicted molar refractivity (Wildman–Crippen MR) is 71.2 cm³/mol. The Morgan fingerprint density at radius 2 is 1.41 bits per heavy atom. The van der Waals surface area contributed by atoms with Gasteiger partial charge in [-0.2, -0.15) is 0 Å². The molecule has 0 N–H and O–H groups in total. The summed E-state index contributed by atoms with van der Waals surface area (Å²) in [5, 5.41) is 0.737. The lowest BCUT2D eigenvalue weighted by molar-refractivity contribution is 0.545. The van der Waals surface area contributed by atoms with Gasteiger partial charge in [0.05, 0.1) is 0 Å². The molecule has 0 bridgehead atoms. The molecular formula is C14H15ClN2. The molecule has 0 aliphatic carbocycles. The minimum Gasteiger partial charge on any atom is -0.240 e. The minimum absolute atomic E-state index is 0.0154. The molecule has 3 heteroatoms. The van der Waals surface area contributed by atoms with Crippen molar-refractivity contribution in [1.29, 1.82) is 0 Å². The first-order valence-corrected chi connectivity index (χ1v) is 5.93. The maximum atomic E-state index is 5.85. The molecule has 2 aromatic rings. The van der Waals surface area contributed by atoms with Crippen LogP contribution in [0.1, 0.15) is 26.6 Å². The monoisotopic (exact) mass is 246 g/mol. The Hall–Kier alpha value is -1.41. The summed E-state index contributed by atoms with van der Waals surface area (Å²) in [4.78, 5) is 8.81. The van der Waals surface area contributed by atoms with Crippen LogP contribution in [0.3, 0.4) is 0 Å². The molecule has 0 fully saturated rings. The Kier molecular flexibility index (Phi) is 3.16. The van der Waals surface area contributed by atoms with Crippen molar-refractivity contribution < 1.29 is 0 Å². The SMILES string of the molecule is CC(C)(C)c1ncc(-c2ccc(Cl)cc2)cn1. The average molecular weight is 247 g/mol. The lowest BCUT2D eigenvalue weighted by Crippen LogP contribution is -2.15. The van der Waals surface area contributed by atoms with Gasteiger partial charge in [0.15, 0.2) is 0 Å². The van der Waals surface area contributed by atoms with Crippen LogP contribution >= 0.6 is 11.6 Å². The Labute approximate surface area is 107 Å². The largest absolute Gasteiger partial charge is 0.240 e. The first-order valence-electron chi connectivity index (χ1n) is 5.55. The van der Waals surface area contributed by atoms with E-state index in [4.69, 9.17) is 11.6 Å². The molecule has 1 aromatic heterocycles. The smallest absolute Gasteiger partial charge is 0.133 e. The molecule has 0 radical (unpaired) electrons. The van der Waals surface area contributed by atoms with Crippen LogP contribution in [-0.4, -0.2) is 9.97 Å². The van der Waals surface area contributed by atoms with Crippen LogP contribution in [0.5, 0.6) is 0 Å². The van der Waals surface area contributed by atoms with Crippen molar-refractivity contribution in [2.24, 2.45) is 0 Å². The van der Waals surface area contributed by atoms with Crippen molar-refractivity contribution >= 4 is 11.6 Å². The van der Waals surface area contributed by atoms with Gasteiger partial charge in [-0.15, -0.1) is 0 Å². The second-order valence-corrected chi connectivity index (χ2v) is 5.49. The molecule has 0 aliphatic heterocycles. The fourth-order valence-electron chi connectivity index (χ4n) is 1.51. The molecule has 2 rings (SSSR count). The summed E-state index contributed by atoms with van der Waals surface area (Å²) < 4.78 is 0. The highest BCUT2D eigenvalue weighted by molar-refractivity contribution is 6.30. The average Bonchev–Trinajstić information content (AvgIpc) is 2.29. The number of benzene rings is 1. The maximum absolute atomic E-state index is 5.85. The van der Waals surface area contributed by atoms with E-state index in [0.717, 1.165) is 22.0 Å². The number of nitrogens with zero attached hydrogens (tertiary/aromatic N) is 2. The molecule has 17 heavy (non-hydrogen) atoms. The summed E-state index contributed by atoms with van der Waals surface area (Å²) in [6.45, 7) is 6.30. The number of hydrogen-bond donors (Lipinski definition) is 0. The van der Waals surface area contributed by atoms with E-state index in [1.165, 1.54) is 0 Å². The molecule has 2 nitrogen and oxygen atoms in total. The third-order valence-electron chi connectivity index (χ3n) is 2.50. The molecule has 0 amide bonds. The zero-order valence-electron chi connectivity index (χ0n) is 10.2. The highest BCUT2D eigenvalue weighted by atomic mass is 35.5. The van der Waals surface area contributed by atoms with Crippen molar-refractivity contribution in [2.45, 2.75) is 26.2 Å². The topological polar surface area (TPSA) is 25.8 Å². The Balaban J connectivity index is 2.33. The van der Waals surface area contributed by atoms with E-state index in [2.05, 4.69) is 30.7 Å². The van der Waals surface area contributed by atoms with E-state index in [1.807, 2.05) is 36.7 Å². The fraction of sp³-hybridized carbons (Fsp3) is 0.286. The van der Waals surface area contributed by atoms with Gasteiger partial charge in [-0.1, -0.05) is 44.5 Å². The Morgan fingerprint density at radius 1 is 0.882 bits per heavy atom. The standard InChI is InChI=1S/C14H15ClN2/c1-14(2,3)13-16-8-11(9-17-13)10-4-6-12(15)7-5-10/h4-9H,1-3H3. The van der Waals surface area contributed by atoms with Crippen LogP contribution in [0.2, 0.25) is 5.02 Å². The van der Waals surface area contributed by atoms with Crippen molar-refractivity contribution in [3.63, 3.8) is 0 Å². The van der Waals surface area contributed by atoms with Crippen LogP contribution in [-0.2, 0) is 5.41 Å². The fourth-order valence-corrected chi connectivity index (χ4v) is 1.63. The summed E-state index contributed by atoms with van der Waals surface area (Å²) >= 11 is 5.85. The molecule has 88 valence electrons. The molecule has 0 unspecified atom stereocenters. The van der Waals surface area contributed by atoms with Gasteiger partial charge in [-0.3, -0.25) is 0 Å². The van der Waals surface area contributed by atoms with Gasteiger partial charge in [0.2, 0.25) is 0 Å². The van der Waals surface area contributed by atoms with Crippen molar-refractivity contribution in [2.75, 3.05) is 0 Å². The normalized spacial score (nSPS) is 11.5. The van der Waals surface area contributed by atoms with Crippen molar-refractivity contribution in [1.82, 2.24) is 9.97 Å². The van der Waals surface area contributed by atoms with E-state index >= 15 is 0 Å². The second kappa shape index (κ2) is 4.46. The van der Waals surface area contributed by atoms with Crippen LogP contribution in [0.4, 0.5) is 0 Å². The minimum atomic E-state index is -0.0154. The number of aromatic nitrogens is 2. The molecule has 1 aromatic carbocycles. The second-order valence-electron chi connectivity index (χ2n) is 5.05. The van der Waals surface area contributed by atoms with Gasteiger partial charge in [-0.05, 0) is 17.7 Å². The zero-order valence-corrected chi connectivity index (χ0v) is 11.0. The molecule has 1 heterocycles. The van der Waals surface area contributed by atoms with Gasteiger partial charge < -0.3 is 0 Å². The van der Waals surface area contributed by atoms with Crippen LogP contribution in [0.25, 0.3) is 11.1 Å². The van der Waals surface area contributed by atoms with Gasteiger partial charge in [0, 0.05) is 28.4 Å². The molecule has 0 atom stereocenters. The molecule has 0 aliphatic rings. The van der Waals surface area contributed by atoms with Crippen LogP contribution in [0, 0.1) is 0 Å². The van der Waals surface area contributed by atoms with Crippen molar-refractivity contribution in [3.8, 4) is 11.1 Å². The molecule has 0 saturated heterocycles. The summed E-state index contributed by atoms with van der Waals surface area (Å²) in [7, 11) is 0. The van der Waals surface area contributed by atoms with E-state index in [1.54, 1.807) is 0 Å². The van der Waals surface area contributed by atoms with E-state index in [9.17, 15) is 0 Å². The van der Waals surface area contributed by atoms with Crippen LogP contribution < -0.4 is 0 Å². The first kappa shape index (κ1) is 12.1.